The number of nitrogens with zero attached hydrogens (tertiary/aromatic N) is 6. The number of aromatic nitrogens is 3. The number of benzene rings is 1. The number of carbonyl (C=O) groups excluding carboxylic acids is 1. The molecule has 2 aliphatic rings. The van der Waals surface area contributed by atoms with Gasteiger partial charge in [-0.05, 0) is 30.2 Å². The molecule has 2 saturated heterocycles. The number of anilines is 1. The van der Waals surface area contributed by atoms with Gasteiger partial charge in [-0.3, -0.25) is 9.69 Å². The van der Waals surface area contributed by atoms with Gasteiger partial charge in [0.15, 0.2) is 5.69 Å². The highest BCUT2D eigenvalue weighted by Crippen LogP contribution is 2.28. The van der Waals surface area contributed by atoms with E-state index in [2.05, 4.69) is 24.8 Å². The summed E-state index contributed by atoms with van der Waals surface area (Å²) in [5.74, 6) is 1.16. The van der Waals surface area contributed by atoms with Crippen molar-refractivity contribution in [2.75, 3.05) is 44.2 Å². The van der Waals surface area contributed by atoms with Crippen molar-refractivity contribution >= 4 is 11.9 Å². The lowest BCUT2D eigenvalue weighted by Crippen LogP contribution is -2.46. The first kappa shape index (κ1) is 20.6. The maximum Gasteiger partial charge on any atom is 0.275 e. The van der Waals surface area contributed by atoms with E-state index >= 15 is 0 Å². The predicted octanol–water partition coefficient (Wildman–Crippen LogP) is 2.56. The molecule has 166 valence electrons. The molecule has 3 aromatic rings. The molecule has 0 saturated carbocycles. The first-order valence-electron chi connectivity index (χ1n) is 10.9. The number of hydrogen-bond acceptors (Lipinski definition) is 7. The minimum atomic E-state index is -0.246. The Morgan fingerprint density at radius 3 is 2.56 bits per heavy atom. The molecule has 0 aliphatic carbocycles. The van der Waals surface area contributed by atoms with E-state index in [1.54, 1.807) is 29.4 Å². The normalized spacial score (nSPS) is 19.5. The number of likely N-dealkylation sites (tertiary alicyclic amines) is 1. The summed E-state index contributed by atoms with van der Waals surface area (Å²) < 4.78 is 18.8. The standard InChI is InChI=1S/C23H25FN6O2/c24-19-4-2-17(3-5-19)18-6-9-30(14-18)22(31)20-16-32-21(27-20)15-28-10-12-29(13-11-28)23-25-7-1-8-26-23/h1-5,7-8,16,18H,6,9-15H2/t18-/m0/s1. The van der Waals surface area contributed by atoms with Crippen molar-refractivity contribution in [2.45, 2.75) is 18.9 Å². The van der Waals surface area contributed by atoms with Crippen molar-refractivity contribution in [3.8, 4) is 0 Å². The SMILES string of the molecule is O=C(c1coc(CN2CCN(c3ncccn3)CC2)n1)N1CC[C@H](c2ccc(F)cc2)C1. The van der Waals surface area contributed by atoms with Crippen LogP contribution in [-0.4, -0.2) is 69.9 Å². The lowest BCUT2D eigenvalue weighted by molar-refractivity contribution is 0.0785. The first-order chi connectivity index (χ1) is 15.7. The molecule has 0 radical (unpaired) electrons. The highest BCUT2D eigenvalue weighted by Gasteiger charge is 2.30. The Hall–Kier alpha value is -3.33. The zero-order valence-electron chi connectivity index (χ0n) is 17.7. The van der Waals surface area contributed by atoms with Gasteiger partial charge in [0.25, 0.3) is 5.91 Å². The van der Waals surface area contributed by atoms with Gasteiger partial charge in [-0.25, -0.2) is 19.3 Å². The van der Waals surface area contributed by atoms with E-state index in [9.17, 15) is 9.18 Å². The summed E-state index contributed by atoms with van der Waals surface area (Å²) in [6, 6.07) is 8.34. The van der Waals surface area contributed by atoms with Crippen molar-refractivity contribution in [1.29, 1.82) is 0 Å². The van der Waals surface area contributed by atoms with Gasteiger partial charge in [-0.2, -0.15) is 0 Å². The third-order valence-corrected chi connectivity index (χ3v) is 6.15. The van der Waals surface area contributed by atoms with Crippen LogP contribution in [0.3, 0.4) is 0 Å². The fourth-order valence-electron chi connectivity index (χ4n) is 4.35. The predicted molar refractivity (Wildman–Crippen MR) is 116 cm³/mol. The Morgan fingerprint density at radius 2 is 1.81 bits per heavy atom. The Labute approximate surface area is 185 Å². The largest absolute Gasteiger partial charge is 0.447 e. The molecule has 32 heavy (non-hydrogen) atoms. The van der Waals surface area contributed by atoms with E-state index in [1.165, 1.54) is 18.4 Å². The maximum absolute atomic E-state index is 13.2. The number of rotatable bonds is 5. The quantitative estimate of drug-likeness (QED) is 0.608. The van der Waals surface area contributed by atoms with Crippen LogP contribution in [0.5, 0.6) is 0 Å². The molecule has 2 aliphatic heterocycles. The third kappa shape index (κ3) is 4.47. The van der Waals surface area contributed by atoms with Crippen LogP contribution < -0.4 is 4.90 Å². The average molecular weight is 436 g/mol. The van der Waals surface area contributed by atoms with Gasteiger partial charge in [0, 0.05) is 57.6 Å². The van der Waals surface area contributed by atoms with Crippen LogP contribution in [0.15, 0.2) is 53.4 Å². The molecule has 1 atom stereocenters. The second-order valence-corrected chi connectivity index (χ2v) is 8.23. The maximum atomic E-state index is 13.2. The Kier molecular flexibility index (Phi) is 5.81. The molecule has 2 aromatic heterocycles. The minimum absolute atomic E-state index is 0.115. The molecule has 0 spiro atoms. The first-order valence-corrected chi connectivity index (χ1v) is 10.9. The molecule has 0 unspecified atom stereocenters. The average Bonchev–Trinajstić information content (AvgIpc) is 3.51. The van der Waals surface area contributed by atoms with E-state index in [0.29, 0.717) is 31.2 Å². The van der Waals surface area contributed by atoms with Crippen LogP contribution in [0.1, 0.15) is 34.3 Å². The molecule has 5 rings (SSSR count). The molecule has 2 fully saturated rings. The summed E-state index contributed by atoms with van der Waals surface area (Å²) in [5, 5.41) is 0. The summed E-state index contributed by atoms with van der Waals surface area (Å²) in [6.07, 6.45) is 5.82. The zero-order chi connectivity index (χ0) is 21.9. The van der Waals surface area contributed by atoms with Gasteiger partial charge < -0.3 is 14.2 Å². The molecule has 4 heterocycles. The van der Waals surface area contributed by atoms with Crippen LogP contribution in [-0.2, 0) is 6.54 Å². The van der Waals surface area contributed by atoms with Crippen molar-refractivity contribution < 1.29 is 13.6 Å². The van der Waals surface area contributed by atoms with E-state index in [-0.39, 0.29) is 17.6 Å². The number of hydrogen-bond donors (Lipinski definition) is 0. The monoisotopic (exact) mass is 436 g/mol. The number of oxazole rings is 1. The summed E-state index contributed by atoms with van der Waals surface area (Å²) in [7, 11) is 0. The van der Waals surface area contributed by atoms with E-state index in [0.717, 1.165) is 44.1 Å². The molecule has 1 aromatic carbocycles. The van der Waals surface area contributed by atoms with Gasteiger partial charge in [-0.1, -0.05) is 12.1 Å². The second-order valence-electron chi connectivity index (χ2n) is 8.23. The summed E-state index contributed by atoms with van der Waals surface area (Å²) >= 11 is 0. The van der Waals surface area contributed by atoms with Gasteiger partial charge >= 0.3 is 0 Å². The molecular formula is C23H25FN6O2. The summed E-state index contributed by atoms with van der Waals surface area (Å²) in [6.45, 7) is 5.17. The van der Waals surface area contributed by atoms with Crippen molar-refractivity contribution in [3.63, 3.8) is 0 Å². The molecule has 8 nitrogen and oxygen atoms in total. The van der Waals surface area contributed by atoms with Crippen molar-refractivity contribution in [2.24, 2.45) is 0 Å². The molecule has 1 amide bonds. The topological polar surface area (TPSA) is 78.6 Å². The summed E-state index contributed by atoms with van der Waals surface area (Å²) in [5.41, 5.74) is 1.40. The second kappa shape index (κ2) is 9.04. The lowest BCUT2D eigenvalue weighted by Gasteiger charge is -2.33. The Bertz CT molecular complexity index is 1050. The molecular weight excluding hydrogens is 411 g/mol. The fraction of sp³-hybridized carbons (Fsp3) is 0.391. The van der Waals surface area contributed by atoms with Gasteiger partial charge in [0.1, 0.15) is 12.1 Å². The van der Waals surface area contributed by atoms with Crippen LogP contribution >= 0.6 is 0 Å². The highest BCUT2D eigenvalue weighted by atomic mass is 19.1. The van der Waals surface area contributed by atoms with Gasteiger partial charge in [-0.15, -0.1) is 0 Å². The van der Waals surface area contributed by atoms with Gasteiger partial charge in [0.05, 0.1) is 6.54 Å². The lowest BCUT2D eigenvalue weighted by atomic mass is 9.99. The molecule has 0 bridgehead atoms. The van der Waals surface area contributed by atoms with Crippen LogP contribution in [0, 0.1) is 5.82 Å². The van der Waals surface area contributed by atoms with Crippen LogP contribution in [0.4, 0.5) is 10.3 Å². The number of piperazine rings is 1. The summed E-state index contributed by atoms with van der Waals surface area (Å²) in [4.78, 5) is 32.2. The Morgan fingerprint density at radius 1 is 1.06 bits per heavy atom. The fourth-order valence-corrected chi connectivity index (χ4v) is 4.35. The number of carbonyl (C=O) groups is 1. The highest BCUT2D eigenvalue weighted by molar-refractivity contribution is 5.92. The Balaban J connectivity index is 1.14. The number of halogens is 1. The smallest absolute Gasteiger partial charge is 0.275 e. The molecule has 9 heteroatoms. The number of amides is 1. The molecule has 0 N–H and O–H groups in total. The minimum Gasteiger partial charge on any atom is -0.447 e. The van der Waals surface area contributed by atoms with Gasteiger partial charge in [0.2, 0.25) is 11.8 Å². The van der Waals surface area contributed by atoms with Crippen LogP contribution in [0.2, 0.25) is 0 Å². The van der Waals surface area contributed by atoms with E-state index in [4.69, 9.17) is 4.42 Å². The van der Waals surface area contributed by atoms with Crippen LogP contribution in [0.25, 0.3) is 0 Å². The van der Waals surface area contributed by atoms with Crippen molar-refractivity contribution in [1.82, 2.24) is 24.8 Å². The van der Waals surface area contributed by atoms with E-state index in [1.807, 2.05) is 6.07 Å². The third-order valence-electron chi connectivity index (χ3n) is 6.15. The van der Waals surface area contributed by atoms with E-state index < -0.39 is 0 Å². The van der Waals surface area contributed by atoms with Crippen molar-refractivity contribution in [3.05, 3.63) is 72.0 Å². The zero-order valence-corrected chi connectivity index (χ0v) is 17.7.